The van der Waals surface area contributed by atoms with Crippen LogP contribution in [0.2, 0.25) is 0 Å². The van der Waals surface area contributed by atoms with E-state index in [1.54, 1.807) is 12.1 Å². The van der Waals surface area contributed by atoms with E-state index in [4.69, 9.17) is 4.42 Å². The van der Waals surface area contributed by atoms with Gasteiger partial charge < -0.3 is 4.42 Å². The Kier molecular flexibility index (Phi) is 4.79. The molecule has 6 nitrogen and oxygen atoms in total. The summed E-state index contributed by atoms with van der Waals surface area (Å²) in [6.07, 6.45) is 1.44. The minimum Gasteiger partial charge on any atom is -0.461 e. The Balaban J connectivity index is 1.61. The van der Waals surface area contributed by atoms with Gasteiger partial charge in [0, 0.05) is 26.2 Å². The standard InChI is InChI=1S/C16H17FN2O4S/c17-13-3-1-4-14(11-13)24(21,22)19-8-6-18(7-9-19)12-15(20)16-5-2-10-23-16/h1-5,10-11H,6-9,12H2. The summed E-state index contributed by atoms with van der Waals surface area (Å²) in [4.78, 5) is 13.8. The van der Waals surface area contributed by atoms with Crippen LogP contribution in [0.4, 0.5) is 4.39 Å². The van der Waals surface area contributed by atoms with Gasteiger partial charge in [0.2, 0.25) is 15.8 Å². The molecule has 1 aliphatic heterocycles. The molecule has 1 fully saturated rings. The van der Waals surface area contributed by atoms with E-state index in [0.717, 1.165) is 6.07 Å². The van der Waals surface area contributed by atoms with Crippen LogP contribution in [0.15, 0.2) is 52.0 Å². The van der Waals surface area contributed by atoms with Gasteiger partial charge in [-0.2, -0.15) is 4.31 Å². The van der Waals surface area contributed by atoms with E-state index in [1.807, 2.05) is 4.90 Å². The fraction of sp³-hybridized carbons (Fsp3) is 0.312. The summed E-state index contributed by atoms with van der Waals surface area (Å²) >= 11 is 0. The highest BCUT2D eigenvalue weighted by Crippen LogP contribution is 2.18. The van der Waals surface area contributed by atoms with Crippen molar-refractivity contribution in [2.45, 2.75) is 4.90 Å². The average molecular weight is 352 g/mol. The molecule has 1 aliphatic rings. The zero-order chi connectivity index (χ0) is 17.2. The van der Waals surface area contributed by atoms with Crippen molar-refractivity contribution >= 4 is 15.8 Å². The monoisotopic (exact) mass is 352 g/mol. The summed E-state index contributed by atoms with van der Waals surface area (Å²) in [5.41, 5.74) is 0. The summed E-state index contributed by atoms with van der Waals surface area (Å²) in [6.45, 7) is 1.55. The predicted octanol–water partition coefficient (Wildman–Crippen LogP) is 1.61. The van der Waals surface area contributed by atoms with E-state index in [1.165, 1.54) is 28.8 Å². The van der Waals surface area contributed by atoms with Crippen molar-refractivity contribution in [3.8, 4) is 0 Å². The van der Waals surface area contributed by atoms with Crippen molar-refractivity contribution in [2.75, 3.05) is 32.7 Å². The van der Waals surface area contributed by atoms with Crippen LogP contribution >= 0.6 is 0 Å². The molecular weight excluding hydrogens is 335 g/mol. The Morgan fingerprint density at radius 1 is 1.12 bits per heavy atom. The van der Waals surface area contributed by atoms with E-state index in [-0.39, 0.29) is 30.3 Å². The highest BCUT2D eigenvalue weighted by molar-refractivity contribution is 7.89. The molecular formula is C16H17FN2O4S. The van der Waals surface area contributed by atoms with Crippen LogP contribution in [0.25, 0.3) is 0 Å². The molecule has 0 amide bonds. The van der Waals surface area contributed by atoms with Crippen LogP contribution < -0.4 is 0 Å². The summed E-state index contributed by atoms with van der Waals surface area (Å²) in [5, 5.41) is 0. The minimum atomic E-state index is -3.72. The van der Waals surface area contributed by atoms with Crippen molar-refractivity contribution in [1.29, 1.82) is 0 Å². The third kappa shape index (κ3) is 3.55. The quantitative estimate of drug-likeness (QED) is 0.765. The van der Waals surface area contributed by atoms with Crippen molar-refractivity contribution in [3.63, 3.8) is 0 Å². The second-order valence-electron chi connectivity index (χ2n) is 5.54. The predicted molar refractivity (Wildman–Crippen MR) is 84.6 cm³/mol. The molecule has 2 heterocycles. The van der Waals surface area contributed by atoms with Crippen molar-refractivity contribution in [3.05, 3.63) is 54.2 Å². The number of sulfonamides is 1. The molecule has 8 heteroatoms. The van der Waals surface area contributed by atoms with Crippen LogP contribution in [0.3, 0.4) is 0 Å². The molecule has 0 bridgehead atoms. The van der Waals surface area contributed by atoms with E-state index in [2.05, 4.69) is 0 Å². The van der Waals surface area contributed by atoms with Gasteiger partial charge in [-0.05, 0) is 30.3 Å². The first-order valence-corrected chi connectivity index (χ1v) is 8.95. The van der Waals surface area contributed by atoms with Crippen LogP contribution in [-0.4, -0.2) is 56.1 Å². The molecule has 1 saturated heterocycles. The Morgan fingerprint density at radius 2 is 1.88 bits per heavy atom. The second kappa shape index (κ2) is 6.84. The number of halogens is 1. The Bertz CT molecular complexity index is 812. The van der Waals surface area contributed by atoms with Gasteiger partial charge in [0.25, 0.3) is 0 Å². The van der Waals surface area contributed by atoms with Crippen LogP contribution in [0.1, 0.15) is 10.6 Å². The fourth-order valence-corrected chi connectivity index (χ4v) is 4.08. The second-order valence-corrected chi connectivity index (χ2v) is 7.48. The Labute approximate surface area is 139 Å². The van der Waals surface area contributed by atoms with E-state index in [0.29, 0.717) is 18.8 Å². The molecule has 24 heavy (non-hydrogen) atoms. The van der Waals surface area contributed by atoms with Crippen molar-refractivity contribution < 1.29 is 22.0 Å². The number of hydrogen-bond donors (Lipinski definition) is 0. The number of carbonyl (C=O) groups is 1. The van der Waals surface area contributed by atoms with Crippen molar-refractivity contribution in [2.24, 2.45) is 0 Å². The SMILES string of the molecule is O=C(CN1CCN(S(=O)(=O)c2cccc(F)c2)CC1)c1ccco1. The third-order valence-corrected chi connectivity index (χ3v) is 5.82. The van der Waals surface area contributed by atoms with Crippen LogP contribution in [0.5, 0.6) is 0 Å². The molecule has 0 atom stereocenters. The zero-order valence-corrected chi connectivity index (χ0v) is 13.7. The van der Waals surface area contributed by atoms with E-state index >= 15 is 0 Å². The maximum Gasteiger partial charge on any atom is 0.243 e. The summed E-state index contributed by atoms with van der Waals surface area (Å²) in [5.74, 6) is -0.426. The summed E-state index contributed by atoms with van der Waals surface area (Å²) in [7, 11) is -3.72. The molecule has 128 valence electrons. The third-order valence-electron chi connectivity index (χ3n) is 3.93. The lowest BCUT2D eigenvalue weighted by Gasteiger charge is -2.33. The number of carbonyl (C=O) groups excluding carboxylic acids is 1. The molecule has 1 aromatic heterocycles. The first-order chi connectivity index (χ1) is 11.5. The van der Waals surface area contributed by atoms with Gasteiger partial charge in [-0.25, -0.2) is 12.8 Å². The van der Waals surface area contributed by atoms with Gasteiger partial charge >= 0.3 is 0 Å². The number of hydrogen-bond acceptors (Lipinski definition) is 5. The lowest BCUT2D eigenvalue weighted by molar-refractivity contribution is 0.0874. The number of benzene rings is 1. The molecule has 0 unspecified atom stereocenters. The maximum atomic E-state index is 13.3. The smallest absolute Gasteiger partial charge is 0.243 e. The van der Waals surface area contributed by atoms with Gasteiger partial charge in [-0.1, -0.05) is 6.07 Å². The maximum absolute atomic E-state index is 13.3. The zero-order valence-electron chi connectivity index (χ0n) is 12.9. The first kappa shape index (κ1) is 16.8. The Hall–Kier alpha value is -2.03. The summed E-state index contributed by atoms with van der Waals surface area (Å²) < 4.78 is 44.7. The fourth-order valence-electron chi connectivity index (χ4n) is 2.62. The normalized spacial score (nSPS) is 17.0. The number of furan rings is 1. The number of Topliss-reactive ketones (excluding diaryl/α,β-unsaturated/α-hetero) is 1. The van der Waals surface area contributed by atoms with Crippen LogP contribution in [0, 0.1) is 5.82 Å². The lowest BCUT2D eigenvalue weighted by Crippen LogP contribution is -2.49. The van der Waals surface area contributed by atoms with Gasteiger partial charge in [0.1, 0.15) is 5.82 Å². The molecule has 0 N–H and O–H groups in total. The molecule has 0 aliphatic carbocycles. The average Bonchev–Trinajstić information content (AvgIpc) is 3.10. The highest BCUT2D eigenvalue weighted by Gasteiger charge is 2.29. The Morgan fingerprint density at radius 3 is 2.50 bits per heavy atom. The van der Waals surface area contributed by atoms with Gasteiger partial charge in [-0.15, -0.1) is 0 Å². The number of nitrogens with zero attached hydrogens (tertiary/aromatic N) is 2. The van der Waals surface area contributed by atoms with Gasteiger partial charge in [-0.3, -0.25) is 9.69 Å². The van der Waals surface area contributed by atoms with E-state index in [9.17, 15) is 17.6 Å². The number of ketones is 1. The number of rotatable bonds is 5. The lowest BCUT2D eigenvalue weighted by atomic mass is 10.2. The number of piperazine rings is 1. The largest absolute Gasteiger partial charge is 0.461 e. The first-order valence-electron chi connectivity index (χ1n) is 7.51. The minimum absolute atomic E-state index is 0.0531. The molecule has 0 saturated carbocycles. The summed E-state index contributed by atoms with van der Waals surface area (Å²) in [6, 6.07) is 8.23. The van der Waals surface area contributed by atoms with Gasteiger partial charge in [0.05, 0.1) is 17.7 Å². The molecule has 1 aromatic carbocycles. The molecule has 0 radical (unpaired) electrons. The van der Waals surface area contributed by atoms with Gasteiger partial charge in [0.15, 0.2) is 5.76 Å². The van der Waals surface area contributed by atoms with Crippen LogP contribution in [-0.2, 0) is 10.0 Å². The van der Waals surface area contributed by atoms with Crippen molar-refractivity contribution in [1.82, 2.24) is 9.21 Å². The highest BCUT2D eigenvalue weighted by atomic mass is 32.2. The molecule has 0 spiro atoms. The molecule has 3 rings (SSSR count). The van der Waals surface area contributed by atoms with E-state index < -0.39 is 15.8 Å². The molecule has 2 aromatic rings. The topological polar surface area (TPSA) is 70.8 Å².